The molecular formula is C59H71ClN6O7. The third-order valence-corrected chi connectivity index (χ3v) is 16.5. The van der Waals surface area contributed by atoms with E-state index in [4.69, 9.17) is 0 Å². The molecule has 4 aromatic rings. The highest BCUT2D eigenvalue weighted by Crippen LogP contribution is 2.37. The normalized spacial score (nSPS) is 23.9. The molecule has 14 heteroatoms. The van der Waals surface area contributed by atoms with Gasteiger partial charge in [-0.2, -0.15) is 0 Å². The van der Waals surface area contributed by atoms with Crippen LogP contribution in [-0.2, 0) is 49.9 Å². The molecule has 4 fully saturated rings. The predicted octanol–water partition coefficient (Wildman–Crippen LogP) is 8.03. The Hall–Kier alpha value is -6.02. The van der Waals surface area contributed by atoms with Crippen molar-refractivity contribution in [2.75, 3.05) is 32.7 Å². The molecular weight excluding hydrogens is 940 g/mol. The van der Waals surface area contributed by atoms with E-state index in [1.165, 1.54) is 47.1 Å². The molecule has 0 spiro atoms. The first-order valence-corrected chi connectivity index (χ1v) is 26.2. The fourth-order valence-electron chi connectivity index (χ4n) is 12.6. The van der Waals surface area contributed by atoms with Crippen LogP contribution in [0.3, 0.4) is 0 Å². The van der Waals surface area contributed by atoms with Gasteiger partial charge in [-0.3, -0.25) is 39.4 Å². The molecule has 3 N–H and O–H groups in total. The van der Waals surface area contributed by atoms with Crippen LogP contribution in [0.4, 0.5) is 0 Å². The van der Waals surface area contributed by atoms with E-state index in [1.54, 1.807) is 15.4 Å². The highest BCUT2D eigenvalue weighted by Gasteiger charge is 2.41. The van der Waals surface area contributed by atoms with Crippen LogP contribution in [0.15, 0.2) is 84.9 Å². The Morgan fingerprint density at radius 3 is 1.56 bits per heavy atom. The molecule has 8 aliphatic rings. The summed E-state index contributed by atoms with van der Waals surface area (Å²) in [4.78, 5) is 89.5. The second kappa shape index (κ2) is 23.9. The summed E-state index contributed by atoms with van der Waals surface area (Å²) < 4.78 is 0. The first-order chi connectivity index (χ1) is 34.6. The third kappa shape index (κ3) is 11.7. The molecule has 0 radical (unpaired) electrons. The van der Waals surface area contributed by atoms with Gasteiger partial charge >= 0.3 is 0 Å². The number of likely N-dealkylation sites (tertiary alicyclic amines) is 1. The van der Waals surface area contributed by atoms with E-state index in [9.17, 15) is 33.6 Å². The van der Waals surface area contributed by atoms with Gasteiger partial charge in [-0.1, -0.05) is 80.2 Å². The summed E-state index contributed by atoms with van der Waals surface area (Å²) in [5, 5.41) is 8.09. The van der Waals surface area contributed by atoms with E-state index in [0.29, 0.717) is 54.8 Å². The molecule has 386 valence electrons. The zero-order valence-electron chi connectivity index (χ0n) is 41.1. The van der Waals surface area contributed by atoms with Crippen molar-refractivity contribution < 1.29 is 33.6 Å². The first-order valence-electron chi connectivity index (χ1n) is 26.2. The number of fused-ring (bicyclic) bond motifs is 4. The zero-order chi connectivity index (χ0) is 49.0. The van der Waals surface area contributed by atoms with Crippen LogP contribution in [0.2, 0.25) is 0 Å². The van der Waals surface area contributed by atoms with Crippen molar-refractivity contribution in [3.05, 3.63) is 141 Å². The summed E-state index contributed by atoms with van der Waals surface area (Å²) in [6, 6.07) is 28.5. The van der Waals surface area contributed by atoms with Gasteiger partial charge in [0.15, 0.2) is 0 Å². The van der Waals surface area contributed by atoms with Crippen LogP contribution in [0, 0.1) is 0 Å². The lowest BCUT2D eigenvalue weighted by Crippen LogP contribution is -2.52. The molecule has 6 aliphatic heterocycles. The van der Waals surface area contributed by atoms with Gasteiger partial charge in [-0.15, -0.1) is 12.4 Å². The van der Waals surface area contributed by atoms with Crippen molar-refractivity contribution in [3.63, 3.8) is 0 Å². The monoisotopic (exact) mass is 1010 g/mol. The van der Waals surface area contributed by atoms with Crippen molar-refractivity contribution in [2.45, 2.75) is 146 Å². The third-order valence-electron chi connectivity index (χ3n) is 16.5. The number of rotatable bonds is 7. The SMILES string of the molecule is C.Cl.O=C1CCC(N2Cc3cc(C4CCN(CC5CCCc6ccccc65)CC4)ccc3C2=O)C(=O)N1.O=C1CCC(N2Cc3cc(C4CCNCC4)ccc3C2=O)C(=O)N1.O=CC1CCCc2ccccc21. The maximum absolute atomic E-state index is 13.0. The molecule has 0 saturated carbocycles. The summed E-state index contributed by atoms with van der Waals surface area (Å²) in [6.45, 7) is 6.35. The Morgan fingerprint density at radius 1 is 0.534 bits per heavy atom. The van der Waals surface area contributed by atoms with E-state index in [1.807, 2.05) is 24.3 Å². The lowest BCUT2D eigenvalue weighted by atomic mass is 9.82. The van der Waals surface area contributed by atoms with Crippen molar-refractivity contribution in [1.82, 2.24) is 30.7 Å². The molecule has 6 heterocycles. The quantitative estimate of drug-likeness (QED) is 0.123. The molecule has 4 saturated heterocycles. The number of halogens is 1. The minimum atomic E-state index is -0.552. The average molecular weight is 1010 g/mol. The average Bonchev–Trinajstić information content (AvgIpc) is 3.91. The number of imide groups is 2. The summed E-state index contributed by atoms with van der Waals surface area (Å²) in [5.41, 5.74) is 11.7. The fourth-order valence-corrected chi connectivity index (χ4v) is 12.6. The Kier molecular flexibility index (Phi) is 17.4. The number of aryl methyl sites for hydroxylation is 2. The molecule has 4 aromatic carbocycles. The second-order valence-corrected chi connectivity index (χ2v) is 20.9. The van der Waals surface area contributed by atoms with Crippen LogP contribution in [0.1, 0.15) is 173 Å². The fraction of sp³-hybridized carbons (Fsp3) is 0.475. The topological polar surface area (TPSA) is 165 Å². The van der Waals surface area contributed by atoms with E-state index in [0.717, 1.165) is 95.1 Å². The predicted molar refractivity (Wildman–Crippen MR) is 283 cm³/mol. The first kappa shape index (κ1) is 53.3. The van der Waals surface area contributed by atoms with E-state index in [-0.39, 0.29) is 74.0 Å². The number of amides is 6. The molecule has 2 aliphatic carbocycles. The molecule has 13 nitrogen and oxygen atoms in total. The minimum Gasteiger partial charge on any atom is -0.322 e. The van der Waals surface area contributed by atoms with Crippen molar-refractivity contribution >= 4 is 54.1 Å². The van der Waals surface area contributed by atoms with Gasteiger partial charge in [0, 0.05) is 49.5 Å². The highest BCUT2D eigenvalue weighted by molar-refractivity contribution is 6.06. The van der Waals surface area contributed by atoms with Gasteiger partial charge in [0.05, 0.1) is 0 Å². The van der Waals surface area contributed by atoms with E-state index in [2.05, 4.69) is 81.5 Å². The Bertz CT molecular complexity index is 2710. The van der Waals surface area contributed by atoms with Gasteiger partial charge in [-0.05, 0) is 178 Å². The van der Waals surface area contributed by atoms with Crippen LogP contribution < -0.4 is 16.0 Å². The molecule has 73 heavy (non-hydrogen) atoms. The Balaban J connectivity index is 0.000000161. The Morgan fingerprint density at radius 2 is 1.03 bits per heavy atom. The molecule has 0 bridgehead atoms. The number of benzene rings is 4. The molecule has 4 atom stereocenters. The van der Waals surface area contributed by atoms with Gasteiger partial charge in [0.25, 0.3) is 11.8 Å². The van der Waals surface area contributed by atoms with Gasteiger partial charge in [0.2, 0.25) is 23.6 Å². The van der Waals surface area contributed by atoms with Gasteiger partial charge in [-0.25, -0.2) is 0 Å². The number of aldehydes is 1. The van der Waals surface area contributed by atoms with E-state index >= 15 is 0 Å². The maximum Gasteiger partial charge on any atom is 0.255 e. The largest absolute Gasteiger partial charge is 0.322 e. The van der Waals surface area contributed by atoms with Crippen LogP contribution >= 0.6 is 12.4 Å². The Labute approximate surface area is 436 Å². The van der Waals surface area contributed by atoms with E-state index < -0.39 is 12.1 Å². The summed E-state index contributed by atoms with van der Waals surface area (Å²) in [7, 11) is 0. The highest BCUT2D eigenvalue weighted by atomic mass is 35.5. The van der Waals surface area contributed by atoms with Crippen LogP contribution in [0.5, 0.6) is 0 Å². The molecule has 12 rings (SSSR count). The summed E-state index contributed by atoms with van der Waals surface area (Å²) >= 11 is 0. The number of nitrogens with one attached hydrogen (secondary N) is 3. The minimum absolute atomic E-state index is 0. The smallest absolute Gasteiger partial charge is 0.255 e. The molecule has 6 amide bonds. The number of hydrogen-bond acceptors (Lipinski definition) is 9. The standard InChI is InChI=1S/C29H33N3O3.C18H21N3O3.C11H12O.CH4.ClH/c33-27-11-10-26(28(34)30-27)32-18-23-16-21(8-9-25(23)29(32)35)19-12-14-31(15-13-19)17-22-6-3-5-20-4-1-2-7-24(20)22;22-16-4-3-15(17(23)20-16)21-10-13-9-12(1-2-14(13)18(21)24)11-5-7-19-8-6-11;12-8-10-6-3-5-9-4-1-2-7-11(9)10;;/h1-2,4,7-9,16,19,22,26H,3,5-6,10-15,17-18H2,(H,30,33,34);1-2,9,11,15,19H,3-8,10H2,(H,20,22,23);1-2,4,7-8,10H,3,5-6H2;1H4;1H. The maximum atomic E-state index is 13.0. The number of nitrogens with zero attached hydrogens (tertiary/aromatic N) is 3. The molecule has 4 unspecified atom stereocenters. The van der Waals surface area contributed by atoms with Crippen LogP contribution in [-0.4, -0.2) is 101 Å². The van der Waals surface area contributed by atoms with Crippen molar-refractivity contribution in [2.24, 2.45) is 0 Å². The van der Waals surface area contributed by atoms with Gasteiger partial charge in [0.1, 0.15) is 18.4 Å². The second-order valence-electron chi connectivity index (χ2n) is 20.9. The number of piperidine rings is 4. The molecule has 0 aromatic heterocycles. The lowest BCUT2D eigenvalue weighted by Gasteiger charge is -2.36. The summed E-state index contributed by atoms with van der Waals surface area (Å²) in [5.74, 6) is 0.453. The lowest BCUT2D eigenvalue weighted by molar-refractivity contribution is -0.138. The van der Waals surface area contributed by atoms with Crippen molar-refractivity contribution in [3.8, 4) is 0 Å². The van der Waals surface area contributed by atoms with Gasteiger partial charge < -0.3 is 24.8 Å². The number of carbonyl (C=O) groups excluding carboxylic acids is 7. The van der Waals surface area contributed by atoms with Crippen LogP contribution in [0.25, 0.3) is 0 Å². The summed E-state index contributed by atoms with van der Waals surface area (Å²) in [6.07, 6.45) is 14.1. The number of carbonyl (C=O) groups is 7. The number of hydrogen-bond donors (Lipinski definition) is 3. The van der Waals surface area contributed by atoms with Crippen molar-refractivity contribution in [1.29, 1.82) is 0 Å². The zero-order valence-corrected chi connectivity index (χ0v) is 41.9.